The summed E-state index contributed by atoms with van der Waals surface area (Å²) in [4.78, 5) is 0. The number of rotatable bonds is 4. The third-order valence-corrected chi connectivity index (χ3v) is 4.98. The molecule has 1 aliphatic rings. The van der Waals surface area contributed by atoms with Crippen molar-refractivity contribution in [2.24, 2.45) is 0 Å². The Morgan fingerprint density at radius 3 is 2.94 bits per heavy atom. The highest BCUT2D eigenvalue weighted by molar-refractivity contribution is 7.91. The van der Waals surface area contributed by atoms with Crippen molar-refractivity contribution in [1.82, 2.24) is 0 Å². The van der Waals surface area contributed by atoms with Crippen LogP contribution in [-0.4, -0.2) is 37.7 Å². The smallest absolute Gasteiger partial charge is 0.152 e. The molecule has 0 spiro atoms. The normalized spacial score (nSPS) is 22.6. The first-order chi connectivity index (χ1) is 8.59. The monoisotopic (exact) mass is 269 g/mol. The maximum absolute atomic E-state index is 11.5. The molecule has 1 aliphatic heterocycles. The predicted octanol–water partition coefficient (Wildman–Crippen LogP) is 1.21. The second-order valence-electron chi connectivity index (χ2n) is 4.77. The number of hydrogen-bond donors (Lipinski definition) is 2. The van der Waals surface area contributed by atoms with Crippen molar-refractivity contribution < 1.29 is 13.5 Å². The third-order valence-electron chi connectivity index (χ3n) is 3.16. The van der Waals surface area contributed by atoms with Crippen LogP contribution in [0.5, 0.6) is 0 Å². The molecule has 2 rings (SSSR count). The van der Waals surface area contributed by atoms with Gasteiger partial charge >= 0.3 is 0 Å². The fourth-order valence-electron chi connectivity index (χ4n) is 2.32. The molecule has 2 N–H and O–H groups in total. The van der Waals surface area contributed by atoms with E-state index in [-0.39, 0.29) is 18.4 Å². The van der Waals surface area contributed by atoms with E-state index in [0.717, 1.165) is 24.1 Å². The maximum atomic E-state index is 11.5. The molecule has 100 valence electrons. The molecule has 1 aromatic carbocycles. The van der Waals surface area contributed by atoms with E-state index in [2.05, 4.69) is 5.32 Å². The summed E-state index contributed by atoms with van der Waals surface area (Å²) in [6, 6.07) is 7.79. The minimum Gasteiger partial charge on any atom is -0.396 e. The quantitative estimate of drug-likeness (QED) is 0.862. The van der Waals surface area contributed by atoms with Gasteiger partial charge in [-0.15, -0.1) is 0 Å². The lowest BCUT2D eigenvalue weighted by Gasteiger charge is -2.24. The number of hydrogen-bond acceptors (Lipinski definition) is 4. The number of anilines is 1. The standard InChI is InChI=1S/C13H19NO3S/c15-7-6-11-3-1-4-12(9-11)14-13-5-2-8-18(16,17)10-13/h1,3-4,9,13-15H,2,5-8,10H2. The molecule has 1 atom stereocenters. The van der Waals surface area contributed by atoms with Crippen molar-refractivity contribution in [2.75, 3.05) is 23.4 Å². The summed E-state index contributed by atoms with van der Waals surface area (Å²) in [7, 11) is -2.87. The first kappa shape index (κ1) is 13.4. The van der Waals surface area contributed by atoms with Crippen LogP contribution in [0.1, 0.15) is 18.4 Å². The topological polar surface area (TPSA) is 66.4 Å². The molecule has 1 unspecified atom stereocenters. The van der Waals surface area contributed by atoms with Crippen molar-refractivity contribution in [2.45, 2.75) is 25.3 Å². The van der Waals surface area contributed by atoms with Gasteiger partial charge in [-0.2, -0.15) is 0 Å². The van der Waals surface area contributed by atoms with Gasteiger partial charge < -0.3 is 10.4 Å². The summed E-state index contributed by atoms with van der Waals surface area (Å²) >= 11 is 0. The Kier molecular flexibility index (Phi) is 4.24. The zero-order chi connectivity index (χ0) is 13.0. The van der Waals surface area contributed by atoms with Crippen LogP contribution >= 0.6 is 0 Å². The first-order valence-electron chi connectivity index (χ1n) is 6.26. The number of sulfone groups is 1. The Bertz CT molecular complexity index is 499. The molecule has 1 aromatic rings. The molecule has 18 heavy (non-hydrogen) atoms. The van der Waals surface area contributed by atoms with E-state index >= 15 is 0 Å². The second kappa shape index (κ2) is 5.71. The van der Waals surface area contributed by atoms with Gasteiger partial charge in [0.05, 0.1) is 11.5 Å². The average molecular weight is 269 g/mol. The van der Waals surface area contributed by atoms with Crippen LogP contribution < -0.4 is 5.32 Å². The molecule has 0 amide bonds. The van der Waals surface area contributed by atoms with Gasteiger partial charge in [-0.1, -0.05) is 12.1 Å². The molecule has 0 aliphatic carbocycles. The Morgan fingerprint density at radius 1 is 1.39 bits per heavy atom. The molecule has 1 heterocycles. The molecular weight excluding hydrogens is 250 g/mol. The van der Waals surface area contributed by atoms with Gasteiger partial charge in [0.1, 0.15) is 0 Å². The zero-order valence-corrected chi connectivity index (χ0v) is 11.1. The molecule has 5 heteroatoms. The van der Waals surface area contributed by atoms with Crippen molar-refractivity contribution in [3.63, 3.8) is 0 Å². The predicted molar refractivity (Wildman–Crippen MR) is 72.5 cm³/mol. The van der Waals surface area contributed by atoms with Crippen LogP contribution in [0.25, 0.3) is 0 Å². The van der Waals surface area contributed by atoms with E-state index in [0.29, 0.717) is 12.2 Å². The van der Waals surface area contributed by atoms with Crippen molar-refractivity contribution in [3.05, 3.63) is 29.8 Å². The van der Waals surface area contributed by atoms with E-state index in [1.54, 1.807) is 0 Å². The summed E-state index contributed by atoms with van der Waals surface area (Å²) in [5, 5.41) is 12.2. The largest absolute Gasteiger partial charge is 0.396 e. The fraction of sp³-hybridized carbons (Fsp3) is 0.538. The molecule has 0 bridgehead atoms. The highest BCUT2D eigenvalue weighted by Crippen LogP contribution is 2.18. The Hall–Kier alpha value is -1.07. The van der Waals surface area contributed by atoms with Gasteiger partial charge in [0, 0.05) is 18.3 Å². The summed E-state index contributed by atoms with van der Waals surface area (Å²) < 4.78 is 23.1. The lowest BCUT2D eigenvalue weighted by atomic mass is 10.1. The lowest BCUT2D eigenvalue weighted by Crippen LogP contribution is -2.34. The number of benzene rings is 1. The van der Waals surface area contributed by atoms with Gasteiger partial charge in [0.2, 0.25) is 0 Å². The van der Waals surface area contributed by atoms with Crippen LogP contribution in [0, 0.1) is 0 Å². The SMILES string of the molecule is O=S1(=O)CCCC(Nc2cccc(CCO)c2)C1. The van der Waals surface area contributed by atoms with Gasteiger partial charge in [-0.25, -0.2) is 8.42 Å². The summed E-state index contributed by atoms with van der Waals surface area (Å²) in [6.07, 6.45) is 2.25. The van der Waals surface area contributed by atoms with Crippen LogP contribution in [0.3, 0.4) is 0 Å². The molecule has 0 saturated carbocycles. The van der Waals surface area contributed by atoms with E-state index in [9.17, 15) is 8.42 Å². The summed E-state index contributed by atoms with van der Waals surface area (Å²) in [6.45, 7) is 0.126. The number of aliphatic hydroxyl groups is 1. The third kappa shape index (κ3) is 3.71. The average Bonchev–Trinajstić information content (AvgIpc) is 2.28. The van der Waals surface area contributed by atoms with Crippen LogP contribution in [0.15, 0.2) is 24.3 Å². The highest BCUT2D eigenvalue weighted by atomic mass is 32.2. The second-order valence-corrected chi connectivity index (χ2v) is 7.00. The van der Waals surface area contributed by atoms with Crippen LogP contribution in [0.2, 0.25) is 0 Å². The Balaban J connectivity index is 2.02. The van der Waals surface area contributed by atoms with Gasteiger partial charge in [0.25, 0.3) is 0 Å². The molecule has 1 saturated heterocycles. The molecule has 0 radical (unpaired) electrons. The van der Waals surface area contributed by atoms with E-state index in [4.69, 9.17) is 5.11 Å². The summed E-state index contributed by atoms with van der Waals surface area (Å²) in [5.41, 5.74) is 1.99. The Morgan fingerprint density at radius 2 is 2.22 bits per heavy atom. The van der Waals surface area contributed by atoms with Crippen LogP contribution in [0.4, 0.5) is 5.69 Å². The Labute approximate surface area is 108 Å². The van der Waals surface area contributed by atoms with Gasteiger partial charge in [-0.05, 0) is 37.0 Å². The minimum absolute atomic E-state index is 0.00752. The highest BCUT2D eigenvalue weighted by Gasteiger charge is 2.24. The minimum atomic E-state index is -2.87. The maximum Gasteiger partial charge on any atom is 0.152 e. The zero-order valence-electron chi connectivity index (χ0n) is 10.3. The van der Waals surface area contributed by atoms with Gasteiger partial charge in [0.15, 0.2) is 9.84 Å². The van der Waals surface area contributed by atoms with Crippen molar-refractivity contribution >= 4 is 15.5 Å². The molecule has 1 fully saturated rings. The number of nitrogens with one attached hydrogen (secondary N) is 1. The lowest BCUT2D eigenvalue weighted by molar-refractivity contribution is 0.299. The van der Waals surface area contributed by atoms with Crippen LogP contribution in [-0.2, 0) is 16.3 Å². The molecule has 4 nitrogen and oxygen atoms in total. The molecular formula is C13H19NO3S. The summed E-state index contributed by atoms with van der Waals surface area (Å²) in [5.74, 6) is 0.535. The van der Waals surface area contributed by atoms with Crippen molar-refractivity contribution in [1.29, 1.82) is 0 Å². The van der Waals surface area contributed by atoms with Crippen molar-refractivity contribution in [3.8, 4) is 0 Å². The van der Waals surface area contributed by atoms with E-state index < -0.39 is 9.84 Å². The fourth-order valence-corrected chi connectivity index (χ4v) is 3.95. The van der Waals surface area contributed by atoms with E-state index in [1.165, 1.54) is 0 Å². The van der Waals surface area contributed by atoms with E-state index in [1.807, 2.05) is 24.3 Å². The number of aliphatic hydroxyl groups excluding tert-OH is 1. The first-order valence-corrected chi connectivity index (χ1v) is 8.08. The van der Waals surface area contributed by atoms with Gasteiger partial charge in [-0.3, -0.25) is 0 Å². The molecule has 0 aromatic heterocycles.